The first-order valence-electron chi connectivity index (χ1n) is 5.63. The molecule has 18 heavy (non-hydrogen) atoms. The number of carbonyl (C=O) groups is 2. The van der Waals surface area contributed by atoms with Crippen molar-refractivity contribution < 1.29 is 14.7 Å². The molecule has 0 bridgehead atoms. The fraction of sp³-hybridized carbons (Fsp3) is 0.417. The normalized spacial score (nSPS) is 10.2. The van der Waals surface area contributed by atoms with Crippen molar-refractivity contribution in [2.45, 2.75) is 26.8 Å². The summed E-state index contributed by atoms with van der Waals surface area (Å²) in [6.45, 7) is 4.96. The molecule has 1 rings (SSSR count). The highest BCUT2D eigenvalue weighted by molar-refractivity contribution is 5.91. The number of pyridine rings is 1. The lowest BCUT2D eigenvalue weighted by molar-refractivity contribution is -0.137. The number of hydrogen-bond acceptors (Lipinski definition) is 3. The molecule has 0 fully saturated rings. The van der Waals surface area contributed by atoms with E-state index < -0.39 is 12.0 Å². The van der Waals surface area contributed by atoms with Gasteiger partial charge in [-0.25, -0.2) is 4.79 Å². The zero-order chi connectivity index (χ0) is 13.7. The average molecular weight is 251 g/mol. The first-order chi connectivity index (χ1) is 8.41. The molecule has 1 heterocycles. The molecule has 6 nitrogen and oxygen atoms in total. The maximum Gasteiger partial charge on any atom is 0.323 e. The van der Waals surface area contributed by atoms with Crippen LogP contribution in [0.3, 0.4) is 0 Å². The van der Waals surface area contributed by atoms with Gasteiger partial charge in [-0.3, -0.25) is 9.78 Å². The number of aliphatic carboxylic acids is 1. The number of anilines is 1. The third-order valence-corrected chi connectivity index (χ3v) is 2.44. The number of hydrogen-bond donors (Lipinski definition) is 2. The van der Waals surface area contributed by atoms with Gasteiger partial charge in [0, 0.05) is 12.2 Å². The topological polar surface area (TPSA) is 82.5 Å². The molecule has 2 N–H and O–H groups in total. The molecule has 0 atom stereocenters. The third kappa shape index (κ3) is 3.73. The Balaban J connectivity index is 2.79. The fourth-order valence-electron chi connectivity index (χ4n) is 1.44. The van der Waals surface area contributed by atoms with Gasteiger partial charge in [-0.2, -0.15) is 0 Å². The molecule has 98 valence electrons. The van der Waals surface area contributed by atoms with E-state index in [1.807, 2.05) is 0 Å². The van der Waals surface area contributed by atoms with Crippen LogP contribution < -0.4 is 5.32 Å². The summed E-state index contributed by atoms with van der Waals surface area (Å²) >= 11 is 0. The van der Waals surface area contributed by atoms with Gasteiger partial charge in [0.15, 0.2) is 0 Å². The van der Waals surface area contributed by atoms with Crippen molar-refractivity contribution in [3.05, 3.63) is 24.0 Å². The zero-order valence-electron chi connectivity index (χ0n) is 10.7. The van der Waals surface area contributed by atoms with Crippen molar-refractivity contribution in [2.75, 3.05) is 11.9 Å². The summed E-state index contributed by atoms with van der Waals surface area (Å²) in [5.41, 5.74) is 1.27. The molecule has 0 aliphatic carbocycles. The molecular weight excluding hydrogens is 234 g/mol. The number of carboxylic acids is 1. The first kappa shape index (κ1) is 14.0. The number of urea groups is 1. The second kappa shape index (κ2) is 6.00. The van der Waals surface area contributed by atoms with Crippen LogP contribution in [0.1, 0.15) is 19.5 Å². The third-order valence-electron chi connectivity index (χ3n) is 2.44. The van der Waals surface area contributed by atoms with Gasteiger partial charge in [-0.1, -0.05) is 0 Å². The van der Waals surface area contributed by atoms with Gasteiger partial charge in [0.1, 0.15) is 6.54 Å². The summed E-state index contributed by atoms with van der Waals surface area (Å²) in [6, 6.07) is 2.79. The number of carbonyl (C=O) groups excluding carboxylic acids is 1. The van der Waals surface area contributed by atoms with E-state index in [4.69, 9.17) is 5.11 Å². The summed E-state index contributed by atoms with van der Waals surface area (Å²) in [5, 5.41) is 11.4. The number of nitrogens with one attached hydrogen (secondary N) is 1. The molecule has 0 aliphatic rings. The molecule has 0 saturated heterocycles. The highest BCUT2D eigenvalue weighted by atomic mass is 16.4. The van der Waals surface area contributed by atoms with Gasteiger partial charge in [0.05, 0.1) is 11.4 Å². The minimum Gasteiger partial charge on any atom is -0.480 e. The molecule has 0 aliphatic heterocycles. The molecule has 1 aromatic heterocycles. The minimum atomic E-state index is -1.04. The van der Waals surface area contributed by atoms with Gasteiger partial charge in [0.2, 0.25) is 0 Å². The highest BCUT2D eigenvalue weighted by Crippen LogP contribution is 2.12. The molecule has 2 amide bonds. The predicted octanol–water partition coefficient (Wildman–Crippen LogP) is 1.72. The largest absolute Gasteiger partial charge is 0.480 e. The lowest BCUT2D eigenvalue weighted by atomic mass is 10.3. The van der Waals surface area contributed by atoms with E-state index in [9.17, 15) is 9.59 Å². The predicted molar refractivity (Wildman–Crippen MR) is 67.5 cm³/mol. The summed E-state index contributed by atoms with van der Waals surface area (Å²) in [4.78, 5) is 28.0. The summed E-state index contributed by atoms with van der Waals surface area (Å²) < 4.78 is 0. The Kier molecular flexibility index (Phi) is 4.65. The summed E-state index contributed by atoms with van der Waals surface area (Å²) in [7, 11) is 0. The number of amides is 2. The maximum atomic E-state index is 12.0. The van der Waals surface area contributed by atoms with E-state index in [2.05, 4.69) is 10.3 Å². The van der Waals surface area contributed by atoms with E-state index in [0.717, 1.165) is 0 Å². The first-order valence-corrected chi connectivity index (χ1v) is 5.63. The van der Waals surface area contributed by atoms with Crippen LogP contribution in [-0.2, 0) is 4.79 Å². The van der Waals surface area contributed by atoms with Crippen molar-refractivity contribution in [2.24, 2.45) is 0 Å². The monoisotopic (exact) mass is 251 g/mol. The Hall–Kier alpha value is -2.11. The van der Waals surface area contributed by atoms with Gasteiger partial charge >= 0.3 is 12.0 Å². The zero-order valence-corrected chi connectivity index (χ0v) is 10.7. The highest BCUT2D eigenvalue weighted by Gasteiger charge is 2.20. The van der Waals surface area contributed by atoms with E-state index in [0.29, 0.717) is 11.4 Å². The van der Waals surface area contributed by atoms with Crippen LogP contribution in [0.4, 0.5) is 10.5 Å². The van der Waals surface area contributed by atoms with Gasteiger partial charge in [-0.05, 0) is 32.9 Å². The lowest BCUT2D eigenvalue weighted by Crippen LogP contribution is -2.43. The molecule has 0 radical (unpaired) electrons. The average Bonchev–Trinajstić information content (AvgIpc) is 2.28. The minimum absolute atomic E-state index is 0.196. The lowest BCUT2D eigenvalue weighted by Gasteiger charge is -2.25. The molecule has 0 saturated carbocycles. The Labute approximate surface area is 106 Å². The molecule has 6 heteroatoms. The number of rotatable bonds is 4. The van der Waals surface area contributed by atoms with Crippen molar-refractivity contribution in [3.8, 4) is 0 Å². The van der Waals surface area contributed by atoms with Crippen LogP contribution in [0.15, 0.2) is 18.3 Å². The molecule has 1 aromatic rings. The van der Waals surface area contributed by atoms with Gasteiger partial charge in [0.25, 0.3) is 0 Å². The van der Waals surface area contributed by atoms with Crippen LogP contribution in [0, 0.1) is 6.92 Å². The molecule has 0 unspecified atom stereocenters. The van der Waals surface area contributed by atoms with Crippen molar-refractivity contribution in [3.63, 3.8) is 0 Å². The van der Waals surface area contributed by atoms with Crippen LogP contribution >= 0.6 is 0 Å². The van der Waals surface area contributed by atoms with E-state index in [1.54, 1.807) is 39.1 Å². The van der Waals surface area contributed by atoms with Crippen LogP contribution in [0.25, 0.3) is 0 Å². The smallest absolute Gasteiger partial charge is 0.323 e. The van der Waals surface area contributed by atoms with Crippen molar-refractivity contribution in [1.82, 2.24) is 9.88 Å². The van der Waals surface area contributed by atoms with Crippen LogP contribution in [0.2, 0.25) is 0 Å². The number of aromatic nitrogens is 1. The number of aryl methyl sites for hydroxylation is 1. The Morgan fingerprint density at radius 3 is 2.67 bits per heavy atom. The van der Waals surface area contributed by atoms with Gasteiger partial charge in [-0.15, -0.1) is 0 Å². The summed E-state index contributed by atoms with van der Waals surface area (Å²) in [5.74, 6) is -1.04. The Morgan fingerprint density at radius 1 is 1.50 bits per heavy atom. The second-order valence-corrected chi connectivity index (χ2v) is 4.18. The number of carboxylic acid groups (broad SMARTS) is 1. The van der Waals surface area contributed by atoms with E-state index in [-0.39, 0.29) is 12.6 Å². The van der Waals surface area contributed by atoms with Gasteiger partial charge < -0.3 is 15.3 Å². The maximum absolute atomic E-state index is 12.0. The van der Waals surface area contributed by atoms with E-state index >= 15 is 0 Å². The molecular formula is C12H17N3O3. The second-order valence-electron chi connectivity index (χ2n) is 4.18. The molecule has 0 spiro atoms. The standard InChI is InChI=1S/C12H17N3O3/c1-8(2)15(7-11(16)17)12(18)14-10-5-4-6-13-9(10)3/h4-6,8H,7H2,1-3H3,(H,14,18)(H,16,17). The number of nitrogens with zero attached hydrogens (tertiary/aromatic N) is 2. The molecule has 0 aromatic carbocycles. The van der Waals surface area contributed by atoms with Crippen LogP contribution in [0.5, 0.6) is 0 Å². The van der Waals surface area contributed by atoms with Crippen molar-refractivity contribution in [1.29, 1.82) is 0 Å². The SMILES string of the molecule is Cc1ncccc1NC(=O)N(CC(=O)O)C(C)C. The van der Waals surface area contributed by atoms with E-state index in [1.165, 1.54) is 4.90 Å². The van der Waals surface area contributed by atoms with Crippen molar-refractivity contribution >= 4 is 17.7 Å². The van der Waals surface area contributed by atoms with Crippen LogP contribution in [-0.4, -0.2) is 39.6 Å². The summed E-state index contributed by atoms with van der Waals surface area (Å²) in [6.07, 6.45) is 1.63. The quantitative estimate of drug-likeness (QED) is 0.853. The Bertz CT molecular complexity index is 446. The fourth-order valence-corrected chi connectivity index (χ4v) is 1.44. The Morgan fingerprint density at radius 2 is 2.17 bits per heavy atom.